The predicted molar refractivity (Wildman–Crippen MR) is 124 cm³/mol. The first-order chi connectivity index (χ1) is 16.6. The molecule has 0 bridgehead atoms. The van der Waals surface area contributed by atoms with Crippen LogP contribution in [0.2, 0.25) is 0 Å². The standard InChI is InChI=1S/C25H17Cl2F3N2O3/c26-17-9-16(10-18(27)11-17)24(25(28,29)30)12-21(31-35-24)15-5-3-4-14(8-15)13-32-22(33)19-6-1-2-7-20(19)23(32)34/h1-9,11,18H,10,12-13H2. The number of rotatable bonds is 4. The molecule has 2 aromatic rings. The Kier molecular flexibility index (Phi) is 5.76. The summed E-state index contributed by atoms with van der Waals surface area (Å²) in [5.41, 5.74) is -1.09. The molecule has 180 valence electrons. The number of amides is 2. The molecule has 3 aliphatic rings. The molecular weight excluding hydrogens is 504 g/mol. The number of benzene rings is 2. The average Bonchev–Trinajstić information content (AvgIpc) is 3.37. The topological polar surface area (TPSA) is 59.0 Å². The summed E-state index contributed by atoms with van der Waals surface area (Å²) in [5, 5.41) is 3.20. The second-order valence-electron chi connectivity index (χ2n) is 8.51. The van der Waals surface area contributed by atoms with E-state index in [0.717, 1.165) is 4.90 Å². The molecule has 5 nitrogen and oxygen atoms in total. The van der Waals surface area contributed by atoms with Gasteiger partial charge in [-0.15, -0.1) is 11.6 Å². The van der Waals surface area contributed by atoms with Crippen LogP contribution >= 0.6 is 23.2 Å². The van der Waals surface area contributed by atoms with Gasteiger partial charge in [0.25, 0.3) is 17.4 Å². The summed E-state index contributed by atoms with van der Waals surface area (Å²) >= 11 is 12.1. The number of fused-ring (bicyclic) bond motifs is 1. The first-order valence-electron chi connectivity index (χ1n) is 10.7. The van der Waals surface area contributed by atoms with E-state index in [1.54, 1.807) is 48.5 Å². The second kappa shape index (κ2) is 8.53. The minimum absolute atomic E-state index is 0.0295. The van der Waals surface area contributed by atoms with E-state index in [4.69, 9.17) is 28.0 Å². The third kappa shape index (κ3) is 4.04. The molecule has 0 saturated carbocycles. The summed E-state index contributed by atoms with van der Waals surface area (Å²) in [4.78, 5) is 31.6. The van der Waals surface area contributed by atoms with Crippen LogP contribution in [0.15, 0.2) is 76.4 Å². The van der Waals surface area contributed by atoms with Gasteiger partial charge in [0, 0.05) is 11.5 Å². The van der Waals surface area contributed by atoms with Crippen molar-refractivity contribution < 1.29 is 27.6 Å². The Morgan fingerprint density at radius 3 is 2.40 bits per heavy atom. The van der Waals surface area contributed by atoms with E-state index in [9.17, 15) is 22.8 Å². The molecule has 0 radical (unpaired) electrons. The van der Waals surface area contributed by atoms with Crippen LogP contribution in [0.5, 0.6) is 0 Å². The van der Waals surface area contributed by atoms with Gasteiger partial charge < -0.3 is 4.84 Å². The minimum atomic E-state index is -4.77. The van der Waals surface area contributed by atoms with Crippen molar-refractivity contribution in [1.29, 1.82) is 0 Å². The van der Waals surface area contributed by atoms with Crippen LogP contribution in [0.4, 0.5) is 13.2 Å². The molecule has 2 aromatic carbocycles. The van der Waals surface area contributed by atoms with Crippen molar-refractivity contribution in [1.82, 2.24) is 4.90 Å². The molecule has 35 heavy (non-hydrogen) atoms. The number of oxime groups is 1. The Morgan fingerprint density at radius 1 is 1.09 bits per heavy atom. The zero-order chi connectivity index (χ0) is 25.0. The van der Waals surface area contributed by atoms with Crippen LogP contribution < -0.4 is 0 Å². The quantitative estimate of drug-likeness (QED) is 0.368. The van der Waals surface area contributed by atoms with Crippen molar-refractivity contribution in [2.45, 2.75) is 36.5 Å². The monoisotopic (exact) mass is 520 g/mol. The van der Waals surface area contributed by atoms with Gasteiger partial charge in [0.15, 0.2) is 0 Å². The SMILES string of the molecule is O=C1c2ccccc2C(=O)N1Cc1cccc(C2=NOC(C3=CC(Cl)=CC(Cl)C3)(C(F)(F)F)C2)c1. The molecule has 10 heteroatoms. The highest BCUT2D eigenvalue weighted by Crippen LogP contribution is 2.49. The van der Waals surface area contributed by atoms with Crippen molar-refractivity contribution in [2.24, 2.45) is 5.16 Å². The molecule has 2 heterocycles. The third-order valence-electron chi connectivity index (χ3n) is 6.25. The smallest absolute Gasteiger partial charge is 0.374 e. The lowest BCUT2D eigenvalue weighted by molar-refractivity contribution is -0.253. The van der Waals surface area contributed by atoms with Gasteiger partial charge in [0.1, 0.15) is 0 Å². The summed E-state index contributed by atoms with van der Waals surface area (Å²) in [6, 6.07) is 13.0. The minimum Gasteiger partial charge on any atom is -0.374 e. The number of carbonyl (C=O) groups excluding carboxylic acids is 2. The number of hydrogen-bond donors (Lipinski definition) is 0. The van der Waals surface area contributed by atoms with Crippen LogP contribution in [0.3, 0.4) is 0 Å². The normalized spacial score (nSPS) is 24.1. The molecule has 0 saturated heterocycles. The zero-order valence-corrected chi connectivity index (χ0v) is 19.5. The fourth-order valence-corrected chi connectivity index (χ4v) is 5.16. The van der Waals surface area contributed by atoms with E-state index < -0.39 is 35.4 Å². The molecule has 0 spiro atoms. The first-order valence-corrected chi connectivity index (χ1v) is 11.5. The lowest BCUT2D eigenvalue weighted by atomic mass is 9.82. The summed E-state index contributed by atoms with van der Waals surface area (Å²) in [5.74, 6) is -0.836. The van der Waals surface area contributed by atoms with Crippen LogP contribution in [0.1, 0.15) is 44.7 Å². The van der Waals surface area contributed by atoms with E-state index in [0.29, 0.717) is 22.3 Å². The van der Waals surface area contributed by atoms with Gasteiger partial charge in [0.05, 0.1) is 28.8 Å². The van der Waals surface area contributed by atoms with E-state index >= 15 is 0 Å². The highest BCUT2D eigenvalue weighted by atomic mass is 35.5. The van der Waals surface area contributed by atoms with E-state index in [-0.39, 0.29) is 29.3 Å². The van der Waals surface area contributed by atoms with Gasteiger partial charge >= 0.3 is 6.18 Å². The van der Waals surface area contributed by atoms with E-state index in [2.05, 4.69) is 5.16 Å². The number of nitrogens with zero attached hydrogens (tertiary/aromatic N) is 2. The Morgan fingerprint density at radius 2 is 1.77 bits per heavy atom. The fraction of sp³-hybridized carbons (Fsp3) is 0.240. The molecule has 2 aliphatic heterocycles. The Labute approximate surface area is 208 Å². The van der Waals surface area contributed by atoms with Crippen LogP contribution in [-0.4, -0.2) is 39.6 Å². The Bertz CT molecular complexity index is 1300. The van der Waals surface area contributed by atoms with Crippen molar-refractivity contribution >= 4 is 40.7 Å². The number of imide groups is 1. The molecule has 2 atom stereocenters. The zero-order valence-electron chi connectivity index (χ0n) is 18.0. The molecular formula is C25H17Cl2F3N2O3. The van der Waals surface area contributed by atoms with Crippen molar-refractivity contribution in [2.75, 3.05) is 0 Å². The lowest BCUT2D eigenvalue weighted by Crippen LogP contribution is -2.48. The van der Waals surface area contributed by atoms with E-state index in [1.807, 2.05) is 0 Å². The maximum atomic E-state index is 14.3. The summed E-state index contributed by atoms with van der Waals surface area (Å²) in [7, 11) is 0. The number of halogens is 5. The molecule has 5 rings (SSSR count). The van der Waals surface area contributed by atoms with Gasteiger partial charge in [-0.05, 0) is 53.5 Å². The van der Waals surface area contributed by atoms with Gasteiger partial charge in [0.2, 0.25) is 0 Å². The molecule has 0 aromatic heterocycles. The van der Waals surface area contributed by atoms with E-state index in [1.165, 1.54) is 12.2 Å². The van der Waals surface area contributed by atoms with Crippen LogP contribution in [0.25, 0.3) is 0 Å². The number of alkyl halides is 4. The van der Waals surface area contributed by atoms with Crippen molar-refractivity contribution in [3.05, 3.63) is 93.5 Å². The van der Waals surface area contributed by atoms with Gasteiger partial charge in [-0.1, -0.05) is 47.1 Å². The average molecular weight is 521 g/mol. The molecule has 0 fully saturated rings. The Hall–Kier alpha value is -3.10. The maximum absolute atomic E-state index is 14.3. The second-order valence-corrected chi connectivity index (χ2v) is 9.51. The summed E-state index contributed by atoms with van der Waals surface area (Å²) in [6.07, 6.45) is -2.72. The van der Waals surface area contributed by atoms with Crippen molar-refractivity contribution in [3.63, 3.8) is 0 Å². The summed E-state index contributed by atoms with van der Waals surface area (Å²) < 4.78 is 42.8. The molecule has 2 unspecified atom stereocenters. The van der Waals surface area contributed by atoms with Crippen LogP contribution in [0, 0.1) is 0 Å². The fourth-order valence-electron chi connectivity index (χ4n) is 4.51. The summed E-state index contributed by atoms with van der Waals surface area (Å²) in [6.45, 7) is -0.0295. The van der Waals surface area contributed by atoms with Gasteiger partial charge in [-0.25, -0.2) is 0 Å². The third-order valence-corrected chi connectivity index (χ3v) is 6.77. The molecule has 1 aliphatic carbocycles. The Balaban J connectivity index is 1.40. The molecule has 0 N–H and O–H groups in total. The largest absolute Gasteiger partial charge is 0.435 e. The highest BCUT2D eigenvalue weighted by molar-refractivity contribution is 6.32. The maximum Gasteiger partial charge on any atom is 0.435 e. The number of allylic oxidation sites excluding steroid dienone is 3. The predicted octanol–water partition coefficient (Wildman–Crippen LogP) is 5.97. The number of carbonyl (C=O) groups is 2. The first kappa shape index (κ1) is 23.6. The lowest BCUT2D eigenvalue weighted by Gasteiger charge is -2.33. The highest BCUT2D eigenvalue weighted by Gasteiger charge is 2.63. The van der Waals surface area contributed by atoms with Crippen molar-refractivity contribution in [3.8, 4) is 0 Å². The van der Waals surface area contributed by atoms with Gasteiger partial charge in [-0.3, -0.25) is 14.5 Å². The van der Waals surface area contributed by atoms with Gasteiger partial charge in [-0.2, -0.15) is 13.2 Å². The van der Waals surface area contributed by atoms with Crippen LogP contribution in [-0.2, 0) is 11.4 Å². The number of hydrogen-bond acceptors (Lipinski definition) is 4. The molecule has 2 amide bonds.